The SMILES string of the molecule is c1ccc(-c2ccc(-c3nc(-c4ccccc4)nc(-c4cccc(-c5cccc(-c6cccc7c6Cc6c(-c8ccccc8)cccc6-7)c5)c4)n3)cc2)cc1. The average Bonchev–Trinajstić information content (AvgIpc) is 3.67. The van der Waals surface area contributed by atoms with Crippen molar-refractivity contribution in [2.45, 2.75) is 6.42 Å². The molecule has 0 N–H and O–H groups in total. The molecule has 8 aromatic carbocycles. The van der Waals surface area contributed by atoms with Gasteiger partial charge in [-0.25, -0.2) is 15.0 Å². The Bertz CT molecular complexity index is 2810. The molecule has 9 aromatic rings. The molecule has 1 aliphatic carbocycles. The fourth-order valence-electron chi connectivity index (χ4n) is 7.89. The summed E-state index contributed by atoms with van der Waals surface area (Å²) >= 11 is 0. The summed E-state index contributed by atoms with van der Waals surface area (Å²) in [6, 6.07) is 70.7. The molecule has 258 valence electrons. The van der Waals surface area contributed by atoms with E-state index in [0.717, 1.165) is 39.8 Å². The summed E-state index contributed by atoms with van der Waals surface area (Å²) in [5, 5.41) is 0. The fourth-order valence-corrected chi connectivity index (χ4v) is 7.89. The zero-order valence-corrected chi connectivity index (χ0v) is 30.1. The number of hydrogen-bond donors (Lipinski definition) is 0. The van der Waals surface area contributed by atoms with E-state index in [4.69, 9.17) is 15.0 Å². The second-order valence-corrected chi connectivity index (χ2v) is 14.0. The predicted molar refractivity (Wildman–Crippen MR) is 226 cm³/mol. The predicted octanol–water partition coefficient (Wildman–Crippen LogP) is 13.1. The van der Waals surface area contributed by atoms with Gasteiger partial charge in [-0.1, -0.05) is 188 Å². The lowest BCUT2D eigenvalue weighted by molar-refractivity contribution is 1.07. The van der Waals surface area contributed by atoms with Crippen molar-refractivity contribution in [2.75, 3.05) is 0 Å². The normalized spacial score (nSPS) is 11.6. The largest absolute Gasteiger partial charge is 0.208 e. The van der Waals surface area contributed by atoms with E-state index >= 15 is 0 Å². The van der Waals surface area contributed by atoms with Crippen molar-refractivity contribution in [3.63, 3.8) is 0 Å². The van der Waals surface area contributed by atoms with Crippen molar-refractivity contribution in [3.05, 3.63) is 211 Å². The Balaban J connectivity index is 1.01. The Labute approximate surface area is 321 Å². The number of aromatic nitrogens is 3. The van der Waals surface area contributed by atoms with Gasteiger partial charge in [0.1, 0.15) is 0 Å². The molecule has 0 radical (unpaired) electrons. The lowest BCUT2D eigenvalue weighted by Crippen LogP contribution is -2.00. The monoisotopic (exact) mass is 701 g/mol. The van der Waals surface area contributed by atoms with Crippen LogP contribution in [0.1, 0.15) is 11.1 Å². The van der Waals surface area contributed by atoms with Crippen LogP contribution in [-0.2, 0) is 6.42 Å². The molecule has 55 heavy (non-hydrogen) atoms. The van der Waals surface area contributed by atoms with Crippen LogP contribution in [-0.4, -0.2) is 15.0 Å². The minimum absolute atomic E-state index is 0.641. The van der Waals surface area contributed by atoms with Crippen molar-refractivity contribution < 1.29 is 0 Å². The van der Waals surface area contributed by atoms with Gasteiger partial charge < -0.3 is 0 Å². The molecule has 0 saturated heterocycles. The van der Waals surface area contributed by atoms with Crippen LogP contribution in [0.5, 0.6) is 0 Å². The summed E-state index contributed by atoms with van der Waals surface area (Å²) < 4.78 is 0. The summed E-state index contributed by atoms with van der Waals surface area (Å²) in [5.41, 5.74) is 17.9. The molecule has 1 aromatic heterocycles. The zero-order valence-electron chi connectivity index (χ0n) is 30.1. The second kappa shape index (κ2) is 14.0. The number of nitrogens with zero attached hydrogens (tertiary/aromatic N) is 3. The molecule has 1 aliphatic rings. The summed E-state index contributed by atoms with van der Waals surface area (Å²) in [7, 11) is 0. The molecule has 0 aliphatic heterocycles. The Morgan fingerprint density at radius 2 is 0.582 bits per heavy atom. The van der Waals surface area contributed by atoms with E-state index in [2.05, 4.69) is 164 Å². The molecule has 0 atom stereocenters. The van der Waals surface area contributed by atoms with Crippen LogP contribution in [0.25, 0.3) is 89.8 Å². The molecule has 0 saturated carbocycles. The van der Waals surface area contributed by atoms with Gasteiger partial charge in [-0.05, 0) is 85.3 Å². The van der Waals surface area contributed by atoms with Crippen molar-refractivity contribution in [3.8, 4) is 89.8 Å². The fraction of sp³-hybridized carbons (Fsp3) is 0.0192. The van der Waals surface area contributed by atoms with E-state index in [-0.39, 0.29) is 0 Å². The van der Waals surface area contributed by atoms with Crippen molar-refractivity contribution in [1.82, 2.24) is 15.0 Å². The van der Waals surface area contributed by atoms with Crippen LogP contribution in [0, 0.1) is 0 Å². The maximum atomic E-state index is 5.07. The zero-order chi connectivity index (χ0) is 36.6. The van der Waals surface area contributed by atoms with Crippen LogP contribution < -0.4 is 0 Å². The van der Waals surface area contributed by atoms with Crippen LogP contribution in [0.3, 0.4) is 0 Å². The molecule has 0 bridgehead atoms. The third-order valence-electron chi connectivity index (χ3n) is 10.6. The Kier molecular flexibility index (Phi) is 8.23. The summed E-state index contributed by atoms with van der Waals surface area (Å²) in [6.45, 7) is 0. The van der Waals surface area contributed by atoms with Gasteiger partial charge >= 0.3 is 0 Å². The van der Waals surface area contributed by atoms with Gasteiger partial charge in [0.25, 0.3) is 0 Å². The van der Waals surface area contributed by atoms with Gasteiger partial charge in [-0.15, -0.1) is 0 Å². The minimum atomic E-state index is 0.641. The summed E-state index contributed by atoms with van der Waals surface area (Å²) in [5.74, 6) is 1.93. The van der Waals surface area contributed by atoms with E-state index in [9.17, 15) is 0 Å². The van der Waals surface area contributed by atoms with E-state index in [0.29, 0.717) is 17.5 Å². The number of fused-ring (bicyclic) bond motifs is 3. The number of rotatable bonds is 7. The Hall–Kier alpha value is -7.23. The molecule has 1 heterocycles. The first-order valence-electron chi connectivity index (χ1n) is 18.7. The maximum Gasteiger partial charge on any atom is 0.164 e. The van der Waals surface area contributed by atoms with Crippen molar-refractivity contribution >= 4 is 0 Å². The van der Waals surface area contributed by atoms with Gasteiger partial charge in [-0.3, -0.25) is 0 Å². The van der Waals surface area contributed by atoms with Gasteiger partial charge in [-0.2, -0.15) is 0 Å². The average molecular weight is 702 g/mol. The molecule has 3 nitrogen and oxygen atoms in total. The summed E-state index contributed by atoms with van der Waals surface area (Å²) in [4.78, 5) is 15.1. The first kappa shape index (κ1) is 32.4. The third-order valence-corrected chi connectivity index (χ3v) is 10.6. The third kappa shape index (κ3) is 6.22. The van der Waals surface area contributed by atoms with Gasteiger partial charge in [0.15, 0.2) is 17.5 Å². The maximum absolute atomic E-state index is 5.07. The van der Waals surface area contributed by atoms with Gasteiger partial charge in [0.2, 0.25) is 0 Å². The van der Waals surface area contributed by atoms with E-state index in [1.165, 1.54) is 50.1 Å². The van der Waals surface area contributed by atoms with E-state index < -0.39 is 0 Å². The first-order chi connectivity index (χ1) is 27.2. The Morgan fingerprint density at radius 3 is 1.16 bits per heavy atom. The van der Waals surface area contributed by atoms with Crippen molar-refractivity contribution in [1.29, 1.82) is 0 Å². The second-order valence-electron chi connectivity index (χ2n) is 14.0. The molecule has 3 heteroatoms. The number of benzene rings is 8. The van der Waals surface area contributed by atoms with Crippen LogP contribution in [0.15, 0.2) is 200 Å². The first-order valence-corrected chi connectivity index (χ1v) is 18.7. The highest BCUT2D eigenvalue weighted by atomic mass is 15.0. The Morgan fingerprint density at radius 1 is 0.236 bits per heavy atom. The molecule has 0 spiro atoms. The molecular formula is C52H35N3. The number of hydrogen-bond acceptors (Lipinski definition) is 3. The van der Waals surface area contributed by atoms with Crippen LogP contribution in [0.2, 0.25) is 0 Å². The smallest absolute Gasteiger partial charge is 0.164 e. The molecular weight excluding hydrogens is 667 g/mol. The van der Waals surface area contributed by atoms with Crippen molar-refractivity contribution in [2.24, 2.45) is 0 Å². The molecule has 0 amide bonds. The lowest BCUT2D eigenvalue weighted by atomic mass is 9.93. The van der Waals surface area contributed by atoms with E-state index in [1.54, 1.807) is 0 Å². The standard InChI is InChI=1S/C52H35N3/c1-4-14-35(15-5-1)36-28-30-39(31-29-36)51-53-50(38-18-8-3-9-19-38)54-52(55-51)43-23-11-21-41(33-43)40-20-10-22-42(32-40)45-25-13-27-47-46-26-12-24-44(48(46)34-49(45)47)37-16-6-2-7-17-37/h1-33H,34H2. The van der Waals surface area contributed by atoms with Gasteiger partial charge in [0, 0.05) is 16.7 Å². The van der Waals surface area contributed by atoms with E-state index in [1.807, 2.05) is 36.4 Å². The molecule has 0 unspecified atom stereocenters. The quantitative estimate of drug-likeness (QED) is 0.166. The highest BCUT2D eigenvalue weighted by Gasteiger charge is 2.24. The summed E-state index contributed by atoms with van der Waals surface area (Å²) in [6.07, 6.45) is 0.909. The topological polar surface area (TPSA) is 38.7 Å². The minimum Gasteiger partial charge on any atom is -0.208 e. The highest BCUT2D eigenvalue weighted by molar-refractivity contribution is 5.90. The molecule has 0 fully saturated rings. The van der Waals surface area contributed by atoms with Crippen LogP contribution >= 0.6 is 0 Å². The van der Waals surface area contributed by atoms with Gasteiger partial charge in [0.05, 0.1) is 0 Å². The lowest BCUT2D eigenvalue weighted by Gasteiger charge is -2.12. The molecule has 10 rings (SSSR count). The van der Waals surface area contributed by atoms with Crippen LogP contribution in [0.4, 0.5) is 0 Å². The highest BCUT2D eigenvalue weighted by Crippen LogP contribution is 2.45.